The fourth-order valence-corrected chi connectivity index (χ4v) is 3.96. The molecule has 1 saturated carbocycles. The van der Waals surface area contributed by atoms with Crippen molar-refractivity contribution < 1.29 is 18.0 Å². The van der Waals surface area contributed by atoms with Gasteiger partial charge in [-0.1, -0.05) is 13.3 Å². The average Bonchev–Trinajstić information content (AvgIpc) is 2.72. The van der Waals surface area contributed by atoms with Gasteiger partial charge >= 0.3 is 6.18 Å². The Morgan fingerprint density at radius 2 is 2.00 bits per heavy atom. The van der Waals surface area contributed by atoms with Crippen LogP contribution in [-0.2, 0) is 17.4 Å². The summed E-state index contributed by atoms with van der Waals surface area (Å²) in [6, 6.07) is 3.86. The molecule has 3 heterocycles. The van der Waals surface area contributed by atoms with Crippen molar-refractivity contribution in [3.05, 3.63) is 35.5 Å². The molecular weight excluding hydrogens is 407 g/mol. The van der Waals surface area contributed by atoms with Crippen LogP contribution >= 0.6 is 0 Å². The molecule has 4 rings (SSSR count). The highest BCUT2D eigenvalue weighted by atomic mass is 19.4. The molecular formula is C22H26F3N5O. The van der Waals surface area contributed by atoms with Crippen molar-refractivity contribution in [2.75, 3.05) is 36.4 Å². The maximum absolute atomic E-state index is 13.7. The zero-order valence-electron chi connectivity index (χ0n) is 17.4. The molecule has 2 aromatic rings. The summed E-state index contributed by atoms with van der Waals surface area (Å²) in [5, 5.41) is 6.08. The number of rotatable bonds is 5. The van der Waals surface area contributed by atoms with E-state index in [1.54, 1.807) is 6.07 Å². The number of piperazine rings is 1. The van der Waals surface area contributed by atoms with Crippen LogP contribution in [0.4, 0.5) is 24.8 Å². The molecule has 166 valence electrons. The van der Waals surface area contributed by atoms with Crippen molar-refractivity contribution in [2.45, 2.75) is 38.8 Å². The SMILES string of the molecule is CCc1c(-c2cc(C(F)(F)F)cc(N3CCNCC3)n2)ccnc1NC(=O)C1CCC1. The molecule has 9 heteroatoms. The number of anilines is 2. The molecule has 2 aliphatic rings. The number of amides is 1. The topological polar surface area (TPSA) is 70.2 Å². The van der Waals surface area contributed by atoms with E-state index < -0.39 is 11.7 Å². The smallest absolute Gasteiger partial charge is 0.354 e. The summed E-state index contributed by atoms with van der Waals surface area (Å²) in [5.74, 6) is 0.621. The van der Waals surface area contributed by atoms with E-state index >= 15 is 0 Å². The molecule has 0 spiro atoms. The molecule has 0 aromatic carbocycles. The Bertz CT molecular complexity index is 953. The monoisotopic (exact) mass is 433 g/mol. The quantitative estimate of drug-likeness (QED) is 0.749. The van der Waals surface area contributed by atoms with E-state index in [1.807, 2.05) is 11.8 Å². The fraction of sp³-hybridized carbons (Fsp3) is 0.500. The number of halogens is 3. The van der Waals surface area contributed by atoms with E-state index in [0.29, 0.717) is 55.4 Å². The number of aromatic nitrogens is 2. The van der Waals surface area contributed by atoms with Crippen molar-refractivity contribution in [3.63, 3.8) is 0 Å². The minimum Gasteiger partial charge on any atom is -0.354 e. The first-order valence-corrected chi connectivity index (χ1v) is 10.7. The maximum atomic E-state index is 13.7. The Hall–Kier alpha value is -2.68. The van der Waals surface area contributed by atoms with Crippen LogP contribution in [0.1, 0.15) is 37.3 Å². The molecule has 0 atom stereocenters. The first-order valence-electron chi connectivity index (χ1n) is 10.7. The summed E-state index contributed by atoms with van der Waals surface area (Å²) in [4.78, 5) is 23.2. The molecule has 1 saturated heterocycles. The number of nitrogens with one attached hydrogen (secondary N) is 2. The summed E-state index contributed by atoms with van der Waals surface area (Å²) in [7, 11) is 0. The van der Waals surface area contributed by atoms with Gasteiger partial charge in [0, 0.05) is 49.4 Å². The Morgan fingerprint density at radius 3 is 2.61 bits per heavy atom. The van der Waals surface area contributed by atoms with Gasteiger partial charge in [0.25, 0.3) is 0 Å². The van der Waals surface area contributed by atoms with Crippen LogP contribution in [0.15, 0.2) is 24.4 Å². The second kappa shape index (κ2) is 8.82. The predicted octanol–water partition coefficient (Wildman–Crippen LogP) is 3.87. The third-order valence-electron chi connectivity index (χ3n) is 5.98. The predicted molar refractivity (Wildman–Crippen MR) is 113 cm³/mol. The lowest BCUT2D eigenvalue weighted by atomic mass is 9.85. The van der Waals surface area contributed by atoms with E-state index in [-0.39, 0.29) is 17.5 Å². The zero-order chi connectivity index (χ0) is 22.0. The van der Waals surface area contributed by atoms with Gasteiger partial charge in [0.2, 0.25) is 5.91 Å². The third kappa shape index (κ3) is 4.66. The molecule has 1 amide bonds. The molecule has 6 nitrogen and oxygen atoms in total. The van der Waals surface area contributed by atoms with Gasteiger partial charge in [-0.2, -0.15) is 13.2 Å². The van der Waals surface area contributed by atoms with Crippen molar-refractivity contribution in [2.24, 2.45) is 5.92 Å². The molecule has 2 aromatic heterocycles. The largest absolute Gasteiger partial charge is 0.416 e. The lowest BCUT2D eigenvalue weighted by molar-refractivity contribution is -0.137. The minimum absolute atomic E-state index is 0.0128. The van der Waals surface area contributed by atoms with Gasteiger partial charge in [0.15, 0.2) is 0 Å². The second-order valence-electron chi connectivity index (χ2n) is 7.99. The first-order chi connectivity index (χ1) is 14.9. The normalized spacial score (nSPS) is 17.4. The van der Waals surface area contributed by atoms with Gasteiger partial charge in [-0.3, -0.25) is 4.79 Å². The van der Waals surface area contributed by atoms with Crippen LogP contribution in [0.2, 0.25) is 0 Å². The molecule has 1 aliphatic heterocycles. The van der Waals surface area contributed by atoms with Crippen LogP contribution in [0.25, 0.3) is 11.3 Å². The first kappa shape index (κ1) is 21.5. The van der Waals surface area contributed by atoms with Gasteiger partial charge in [-0.25, -0.2) is 9.97 Å². The second-order valence-corrected chi connectivity index (χ2v) is 7.99. The van der Waals surface area contributed by atoms with Crippen LogP contribution in [0, 0.1) is 5.92 Å². The molecule has 0 radical (unpaired) electrons. The summed E-state index contributed by atoms with van der Waals surface area (Å²) in [6.45, 7) is 4.46. The molecule has 1 aliphatic carbocycles. The summed E-state index contributed by atoms with van der Waals surface area (Å²) in [5.41, 5.74) is 0.754. The van der Waals surface area contributed by atoms with Crippen LogP contribution in [0.5, 0.6) is 0 Å². The van der Waals surface area contributed by atoms with E-state index in [0.717, 1.165) is 31.4 Å². The number of hydrogen-bond acceptors (Lipinski definition) is 5. The van der Waals surface area contributed by atoms with Gasteiger partial charge in [0.05, 0.1) is 11.3 Å². The van der Waals surface area contributed by atoms with Gasteiger partial charge < -0.3 is 15.5 Å². The standard InChI is InChI=1S/C22H26F3N5O/c1-2-16-17(6-7-27-20(16)29-21(31)14-4-3-5-14)18-12-15(22(23,24)25)13-19(28-18)30-10-8-26-9-11-30/h6-7,12-14,26H,2-5,8-11H2,1H3,(H,27,29,31). The molecule has 0 unspecified atom stereocenters. The number of pyridine rings is 2. The van der Waals surface area contributed by atoms with Crippen molar-refractivity contribution in [1.29, 1.82) is 0 Å². The summed E-state index contributed by atoms with van der Waals surface area (Å²) >= 11 is 0. The lowest BCUT2D eigenvalue weighted by Crippen LogP contribution is -2.44. The van der Waals surface area contributed by atoms with E-state index in [4.69, 9.17) is 0 Å². The average molecular weight is 433 g/mol. The molecule has 0 bridgehead atoms. The lowest BCUT2D eigenvalue weighted by Gasteiger charge is -2.29. The number of hydrogen-bond donors (Lipinski definition) is 2. The van der Waals surface area contributed by atoms with Gasteiger partial charge in [-0.05, 0) is 37.5 Å². The highest BCUT2D eigenvalue weighted by molar-refractivity contribution is 5.93. The van der Waals surface area contributed by atoms with Crippen molar-refractivity contribution in [3.8, 4) is 11.3 Å². The number of carbonyl (C=O) groups excluding carboxylic acids is 1. The Balaban J connectivity index is 1.75. The van der Waals surface area contributed by atoms with Crippen LogP contribution in [-0.4, -0.2) is 42.1 Å². The minimum atomic E-state index is -4.48. The highest BCUT2D eigenvalue weighted by Gasteiger charge is 2.33. The van der Waals surface area contributed by atoms with E-state index in [9.17, 15) is 18.0 Å². The number of nitrogens with zero attached hydrogens (tertiary/aromatic N) is 3. The Kier molecular flexibility index (Phi) is 6.13. The summed E-state index contributed by atoms with van der Waals surface area (Å²) in [6.07, 6.45) is 0.282. The molecule has 31 heavy (non-hydrogen) atoms. The van der Waals surface area contributed by atoms with Crippen LogP contribution in [0.3, 0.4) is 0 Å². The Labute approximate surface area is 179 Å². The molecule has 2 fully saturated rings. The Morgan fingerprint density at radius 1 is 1.26 bits per heavy atom. The van der Waals surface area contributed by atoms with Gasteiger partial charge in [0.1, 0.15) is 11.6 Å². The summed E-state index contributed by atoms with van der Waals surface area (Å²) < 4.78 is 41.0. The highest BCUT2D eigenvalue weighted by Crippen LogP contribution is 2.36. The van der Waals surface area contributed by atoms with Gasteiger partial charge in [-0.15, -0.1) is 0 Å². The van der Waals surface area contributed by atoms with Crippen LogP contribution < -0.4 is 15.5 Å². The third-order valence-corrected chi connectivity index (χ3v) is 5.98. The maximum Gasteiger partial charge on any atom is 0.416 e. The zero-order valence-corrected chi connectivity index (χ0v) is 17.4. The van der Waals surface area contributed by atoms with Crippen molar-refractivity contribution >= 4 is 17.5 Å². The van der Waals surface area contributed by atoms with E-state index in [1.165, 1.54) is 6.20 Å². The number of carbonyl (C=O) groups is 1. The van der Waals surface area contributed by atoms with E-state index in [2.05, 4.69) is 20.6 Å². The van der Waals surface area contributed by atoms with Crippen molar-refractivity contribution in [1.82, 2.24) is 15.3 Å². The number of alkyl halides is 3. The fourth-order valence-electron chi connectivity index (χ4n) is 3.96. The molecule has 2 N–H and O–H groups in total.